The summed E-state index contributed by atoms with van der Waals surface area (Å²) in [6.07, 6.45) is 6.86. The van der Waals surface area contributed by atoms with Crippen LogP contribution in [0.1, 0.15) is 53.1 Å². The molecule has 0 fully saturated rings. The first-order valence-electron chi connectivity index (χ1n) is 6.63. The number of hydrogen-bond acceptors (Lipinski definition) is 1. The highest BCUT2D eigenvalue weighted by molar-refractivity contribution is 5.70. The summed E-state index contributed by atoms with van der Waals surface area (Å²) in [5, 5.41) is 0. The molecule has 0 spiro atoms. The molecule has 2 N–H and O–H groups in total. The smallest absolute Gasteiger partial charge is 0.0131 e. The van der Waals surface area contributed by atoms with Gasteiger partial charge in [0.15, 0.2) is 0 Å². The molecule has 0 unspecified atom stereocenters. The van der Waals surface area contributed by atoms with Crippen LogP contribution in [-0.4, -0.2) is 0 Å². The van der Waals surface area contributed by atoms with Gasteiger partial charge in [-0.15, -0.1) is 0 Å². The molecule has 92 valence electrons. The molecule has 1 heteroatoms. The van der Waals surface area contributed by atoms with E-state index in [1.54, 1.807) is 5.56 Å². The van der Waals surface area contributed by atoms with Crippen LogP contribution in [0.2, 0.25) is 0 Å². The van der Waals surface area contributed by atoms with Crippen molar-refractivity contribution in [2.45, 2.75) is 53.4 Å². The van der Waals surface area contributed by atoms with Crippen LogP contribution < -0.4 is 5.73 Å². The molecule has 1 aliphatic carbocycles. The topological polar surface area (TPSA) is 26.0 Å². The van der Waals surface area contributed by atoms with Crippen molar-refractivity contribution >= 4 is 6.08 Å². The molecule has 0 aromatic heterocycles. The Labute approximate surface area is 105 Å². The average molecular weight is 229 g/mol. The molecule has 0 amide bonds. The Morgan fingerprint density at radius 3 is 2.47 bits per heavy atom. The molecule has 2 rings (SSSR count). The molecule has 0 atom stereocenters. The molecular weight excluding hydrogens is 206 g/mol. The van der Waals surface area contributed by atoms with E-state index in [2.05, 4.69) is 33.8 Å². The summed E-state index contributed by atoms with van der Waals surface area (Å²) in [5.74, 6) is 0. The van der Waals surface area contributed by atoms with Crippen molar-refractivity contribution in [3.8, 4) is 0 Å². The van der Waals surface area contributed by atoms with Gasteiger partial charge in [0.2, 0.25) is 0 Å². The minimum atomic E-state index is 0.955. The van der Waals surface area contributed by atoms with E-state index < -0.39 is 0 Å². The van der Waals surface area contributed by atoms with Crippen molar-refractivity contribution in [3.05, 3.63) is 39.1 Å². The molecule has 1 nitrogen and oxygen atoms in total. The summed E-state index contributed by atoms with van der Waals surface area (Å²) >= 11 is 0. The predicted octanol–water partition coefficient (Wildman–Crippen LogP) is 3.81. The number of allylic oxidation sites excluding steroid dienone is 1. The highest BCUT2D eigenvalue weighted by Gasteiger charge is 2.20. The van der Waals surface area contributed by atoms with E-state index in [0.717, 1.165) is 12.1 Å². The lowest BCUT2D eigenvalue weighted by molar-refractivity contribution is 0.782. The number of fused-ring (bicyclic) bond motifs is 1. The first-order chi connectivity index (χ1) is 8.06. The third-order valence-electron chi connectivity index (χ3n) is 4.16. The van der Waals surface area contributed by atoms with Crippen molar-refractivity contribution < 1.29 is 0 Å². The highest BCUT2D eigenvalue weighted by Crippen LogP contribution is 2.34. The van der Waals surface area contributed by atoms with E-state index in [9.17, 15) is 0 Å². The average Bonchev–Trinajstić information content (AvgIpc) is 2.68. The van der Waals surface area contributed by atoms with Gasteiger partial charge < -0.3 is 5.73 Å². The zero-order chi connectivity index (χ0) is 12.6. The van der Waals surface area contributed by atoms with Crippen molar-refractivity contribution in [1.29, 1.82) is 0 Å². The fraction of sp³-hybridized carbons (Fsp3) is 0.500. The van der Waals surface area contributed by atoms with Crippen LogP contribution in [0.25, 0.3) is 6.08 Å². The van der Waals surface area contributed by atoms with Crippen molar-refractivity contribution in [3.63, 3.8) is 0 Å². The molecule has 17 heavy (non-hydrogen) atoms. The number of nitrogens with two attached hydrogens (primary N) is 1. The summed E-state index contributed by atoms with van der Waals surface area (Å²) in [6, 6.07) is 0. The first kappa shape index (κ1) is 12.2. The number of hydrogen-bond donors (Lipinski definition) is 1. The summed E-state index contributed by atoms with van der Waals surface area (Å²) in [4.78, 5) is 0. The van der Waals surface area contributed by atoms with Crippen LogP contribution in [0.5, 0.6) is 0 Å². The van der Waals surface area contributed by atoms with Gasteiger partial charge in [-0.05, 0) is 73.1 Å². The summed E-state index contributed by atoms with van der Waals surface area (Å²) in [6.45, 7) is 8.98. The Kier molecular flexibility index (Phi) is 3.28. The second-order valence-corrected chi connectivity index (χ2v) is 5.25. The minimum Gasteiger partial charge on any atom is -0.402 e. The molecule has 0 heterocycles. The highest BCUT2D eigenvalue weighted by atomic mass is 14.6. The summed E-state index contributed by atoms with van der Waals surface area (Å²) in [7, 11) is 0. The van der Waals surface area contributed by atoms with Gasteiger partial charge in [-0.1, -0.05) is 13.3 Å². The standard InChI is InChI=1S/C16H23N/c1-5-6-7-14-11(3)10(2)12(4)15-8-13(17)9-16(14)15/h8H,5-7,9,17H2,1-4H3. The van der Waals surface area contributed by atoms with Crippen LogP contribution in [0.15, 0.2) is 5.70 Å². The Bertz CT molecular complexity index is 481. The van der Waals surface area contributed by atoms with Gasteiger partial charge in [0.05, 0.1) is 0 Å². The maximum absolute atomic E-state index is 6.01. The minimum absolute atomic E-state index is 0.955. The lowest BCUT2D eigenvalue weighted by Gasteiger charge is -2.18. The summed E-state index contributed by atoms with van der Waals surface area (Å²) in [5.41, 5.74) is 15.8. The molecule has 1 aromatic carbocycles. The van der Waals surface area contributed by atoms with Crippen molar-refractivity contribution in [2.24, 2.45) is 5.73 Å². The Hall–Kier alpha value is -1.24. The van der Waals surface area contributed by atoms with Gasteiger partial charge in [-0.2, -0.15) is 0 Å². The fourth-order valence-corrected chi connectivity index (χ4v) is 2.85. The SMILES string of the molecule is CCCCc1c(C)c(C)c(C)c2c1CC(N)=C2. The Balaban J connectivity index is 2.55. The van der Waals surface area contributed by atoms with Gasteiger partial charge >= 0.3 is 0 Å². The van der Waals surface area contributed by atoms with E-state index in [1.807, 2.05) is 0 Å². The molecule has 0 radical (unpaired) electrons. The number of unbranched alkanes of at least 4 members (excludes halogenated alkanes) is 1. The van der Waals surface area contributed by atoms with Crippen molar-refractivity contribution in [2.75, 3.05) is 0 Å². The molecule has 0 saturated carbocycles. The zero-order valence-electron chi connectivity index (χ0n) is 11.5. The second-order valence-electron chi connectivity index (χ2n) is 5.25. The van der Waals surface area contributed by atoms with E-state index >= 15 is 0 Å². The van der Waals surface area contributed by atoms with Gasteiger partial charge in [0.1, 0.15) is 0 Å². The van der Waals surface area contributed by atoms with Crippen LogP contribution in [0.4, 0.5) is 0 Å². The van der Waals surface area contributed by atoms with Crippen LogP contribution in [-0.2, 0) is 12.8 Å². The largest absolute Gasteiger partial charge is 0.402 e. The predicted molar refractivity (Wildman–Crippen MR) is 75.1 cm³/mol. The van der Waals surface area contributed by atoms with Crippen LogP contribution in [0.3, 0.4) is 0 Å². The first-order valence-corrected chi connectivity index (χ1v) is 6.63. The lowest BCUT2D eigenvalue weighted by atomic mass is 9.87. The fourth-order valence-electron chi connectivity index (χ4n) is 2.85. The maximum atomic E-state index is 6.01. The third kappa shape index (κ3) is 1.99. The second kappa shape index (κ2) is 4.56. The molecule has 1 aliphatic rings. The Morgan fingerprint density at radius 1 is 1.12 bits per heavy atom. The van der Waals surface area contributed by atoms with E-state index in [-0.39, 0.29) is 0 Å². The van der Waals surface area contributed by atoms with Gasteiger partial charge in [0.25, 0.3) is 0 Å². The normalized spacial score (nSPS) is 13.8. The van der Waals surface area contributed by atoms with Crippen LogP contribution in [0, 0.1) is 20.8 Å². The summed E-state index contributed by atoms with van der Waals surface area (Å²) < 4.78 is 0. The third-order valence-corrected chi connectivity index (χ3v) is 4.16. The van der Waals surface area contributed by atoms with Gasteiger partial charge in [0, 0.05) is 12.1 Å². The molecule has 1 aromatic rings. The van der Waals surface area contributed by atoms with E-state index in [0.29, 0.717) is 0 Å². The zero-order valence-corrected chi connectivity index (χ0v) is 11.5. The van der Waals surface area contributed by atoms with E-state index in [4.69, 9.17) is 5.73 Å². The Morgan fingerprint density at radius 2 is 1.82 bits per heavy atom. The quantitative estimate of drug-likeness (QED) is 0.838. The lowest BCUT2D eigenvalue weighted by Crippen LogP contribution is -2.04. The molecule has 0 bridgehead atoms. The monoisotopic (exact) mass is 229 g/mol. The number of benzene rings is 1. The number of rotatable bonds is 3. The maximum Gasteiger partial charge on any atom is 0.0131 e. The van der Waals surface area contributed by atoms with Crippen LogP contribution >= 0.6 is 0 Å². The van der Waals surface area contributed by atoms with E-state index in [1.165, 1.54) is 47.1 Å². The van der Waals surface area contributed by atoms with Crippen molar-refractivity contribution in [1.82, 2.24) is 0 Å². The molecule has 0 saturated heterocycles. The molecular formula is C16H23N. The van der Waals surface area contributed by atoms with Gasteiger partial charge in [-0.25, -0.2) is 0 Å². The molecule has 0 aliphatic heterocycles. The van der Waals surface area contributed by atoms with Gasteiger partial charge in [-0.3, -0.25) is 0 Å².